The molecule has 4 nitrogen and oxygen atoms in total. The molecule has 2 rings (SSSR count). The Bertz CT molecular complexity index is 375. The van der Waals surface area contributed by atoms with Gasteiger partial charge in [-0.2, -0.15) is 0 Å². The van der Waals surface area contributed by atoms with Crippen molar-refractivity contribution >= 4 is 5.82 Å². The minimum absolute atomic E-state index is 0.162. The first kappa shape index (κ1) is 12.3. The monoisotopic (exact) mass is 235 g/mol. The Morgan fingerprint density at radius 3 is 3.12 bits per heavy atom. The van der Waals surface area contributed by atoms with Gasteiger partial charge in [-0.15, -0.1) is 0 Å². The average Bonchev–Trinajstić information content (AvgIpc) is 2.83. The van der Waals surface area contributed by atoms with Crippen LogP contribution in [-0.4, -0.2) is 24.2 Å². The fourth-order valence-electron chi connectivity index (χ4n) is 2.38. The van der Waals surface area contributed by atoms with Crippen LogP contribution in [0.2, 0.25) is 0 Å². The van der Waals surface area contributed by atoms with E-state index in [2.05, 4.69) is 23.3 Å². The van der Waals surface area contributed by atoms with Gasteiger partial charge in [0.2, 0.25) is 0 Å². The number of nitrogens with zero attached hydrogens (tertiary/aromatic N) is 1. The van der Waals surface area contributed by atoms with Gasteiger partial charge in [0.25, 0.3) is 0 Å². The van der Waals surface area contributed by atoms with E-state index in [-0.39, 0.29) is 12.1 Å². The maximum atomic E-state index is 5.98. The zero-order chi connectivity index (χ0) is 12.3. The molecule has 0 aliphatic carbocycles. The molecule has 2 heterocycles. The van der Waals surface area contributed by atoms with Crippen LogP contribution in [0.1, 0.15) is 36.9 Å². The molecule has 1 aliphatic heterocycles. The van der Waals surface area contributed by atoms with Gasteiger partial charge in [0.1, 0.15) is 5.82 Å². The average molecular weight is 235 g/mol. The highest BCUT2D eigenvalue weighted by Crippen LogP contribution is 2.29. The van der Waals surface area contributed by atoms with Crippen LogP contribution in [0.25, 0.3) is 0 Å². The summed E-state index contributed by atoms with van der Waals surface area (Å²) in [6, 6.07) is 2.27. The van der Waals surface area contributed by atoms with Gasteiger partial charge in [-0.3, -0.25) is 0 Å². The molecule has 1 fully saturated rings. The lowest BCUT2D eigenvalue weighted by molar-refractivity contribution is 0.0789. The zero-order valence-electron chi connectivity index (χ0n) is 10.6. The second-order valence-corrected chi connectivity index (χ2v) is 4.57. The van der Waals surface area contributed by atoms with Crippen LogP contribution in [0.5, 0.6) is 0 Å². The van der Waals surface area contributed by atoms with Crippen molar-refractivity contribution in [2.24, 2.45) is 0 Å². The zero-order valence-corrected chi connectivity index (χ0v) is 10.6. The number of aromatic nitrogens is 1. The number of rotatable bonds is 4. The summed E-state index contributed by atoms with van der Waals surface area (Å²) < 4.78 is 5.77. The van der Waals surface area contributed by atoms with Gasteiger partial charge in [0.05, 0.1) is 12.1 Å². The molecule has 2 atom stereocenters. The number of anilines is 1. The summed E-state index contributed by atoms with van der Waals surface area (Å²) in [6.45, 7) is 5.89. The Balaban J connectivity index is 2.27. The molecule has 1 aliphatic rings. The van der Waals surface area contributed by atoms with E-state index in [0.29, 0.717) is 5.82 Å². The summed E-state index contributed by atoms with van der Waals surface area (Å²) in [7, 11) is 0. The maximum absolute atomic E-state index is 5.98. The van der Waals surface area contributed by atoms with E-state index in [9.17, 15) is 0 Å². The lowest BCUT2D eigenvalue weighted by Gasteiger charge is -2.25. The maximum Gasteiger partial charge on any atom is 0.128 e. The van der Waals surface area contributed by atoms with Gasteiger partial charge < -0.3 is 15.8 Å². The van der Waals surface area contributed by atoms with E-state index in [1.807, 2.05) is 6.92 Å². The van der Waals surface area contributed by atoms with Crippen LogP contribution in [-0.2, 0) is 4.74 Å². The van der Waals surface area contributed by atoms with Crippen molar-refractivity contribution in [2.75, 3.05) is 18.9 Å². The molecule has 1 aromatic rings. The molecule has 3 N–H and O–H groups in total. The lowest BCUT2D eigenvalue weighted by atomic mass is 9.98. The van der Waals surface area contributed by atoms with Crippen LogP contribution >= 0.6 is 0 Å². The molecule has 0 bridgehead atoms. The Hall–Kier alpha value is -1.13. The molecule has 1 aromatic heterocycles. The van der Waals surface area contributed by atoms with Crippen molar-refractivity contribution in [3.05, 3.63) is 23.4 Å². The Kier molecular flexibility index (Phi) is 3.97. The summed E-state index contributed by atoms with van der Waals surface area (Å²) in [5.74, 6) is 0.608. The second-order valence-electron chi connectivity index (χ2n) is 4.57. The molecule has 0 radical (unpaired) electrons. The lowest BCUT2D eigenvalue weighted by Crippen LogP contribution is -2.32. The van der Waals surface area contributed by atoms with Crippen molar-refractivity contribution in [3.8, 4) is 0 Å². The minimum atomic E-state index is 0.162. The predicted octanol–water partition coefficient (Wildman–Crippen LogP) is 1.80. The summed E-state index contributed by atoms with van der Waals surface area (Å²) in [6.07, 6.45) is 4.24. The van der Waals surface area contributed by atoms with Crippen molar-refractivity contribution in [3.63, 3.8) is 0 Å². The topological polar surface area (TPSA) is 60.2 Å². The number of ether oxygens (including phenoxy) is 1. The van der Waals surface area contributed by atoms with E-state index in [1.165, 1.54) is 0 Å². The Morgan fingerprint density at radius 2 is 2.47 bits per heavy atom. The molecule has 0 spiro atoms. The van der Waals surface area contributed by atoms with Gasteiger partial charge in [-0.05, 0) is 37.9 Å². The number of nitrogen functional groups attached to an aromatic ring is 1. The third-order valence-electron chi connectivity index (χ3n) is 3.18. The molecule has 0 amide bonds. The molecule has 94 valence electrons. The normalized spacial score (nSPS) is 21.6. The van der Waals surface area contributed by atoms with E-state index < -0.39 is 0 Å². The van der Waals surface area contributed by atoms with Crippen molar-refractivity contribution < 1.29 is 4.74 Å². The molecule has 1 saturated heterocycles. The third-order valence-corrected chi connectivity index (χ3v) is 3.18. The molecular formula is C13H21N3O. The summed E-state index contributed by atoms with van der Waals surface area (Å²) in [5, 5.41) is 3.46. The molecule has 2 unspecified atom stereocenters. The number of nitrogens with one attached hydrogen (secondary N) is 1. The Morgan fingerprint density at radius 1 is 1.65 bits per heavy atom. The van der Waals surface area contributed by atoms with Crippen LogP contribution in [0.3, 0.4) is 0 Å². The minimum Gasteiger partial charge on any atom is -0.383 e. The third kappa shape index (κ3) is 2.76. The number of likely N-dealkylation sites (N-methyl/N-ethyl adjacent to an activating group) is 1. The number of hydrogen-bond donors (Lipinski definition) is 2. The number of aryl methyl sites for hydroxylation is 1. The first-order chi connectivity index (χ1) is 8.22. The van der Waals surface area contributed by atoms with Gasteiger partial charge in [-0.1, -0.05) is 6.92 Å². The summed E-state index contributed by atoms with van der Waals surface area (Å²) in [5.41, 5.74) is 8.18. The van der Waals surface area contributed by atoms with Gasteiger partial charge in [0, 0.05) is 18.4 Å². The van der Waals surface area contributed by atoms with Crippen LogP contribution in [0, 0.1) is 6.92 Å². The molecular weight excluding hydrogens is 214 g/mol. The number of pyridine rings is 1. The molecule has 4 heteroatoms. The number of nitrogens with two attached hydrogens (primary N) is 1. The predicted molar refractivity (Wildman–Crippen MR) is 68.8 cm³/mol. The largest absolute Gasteiger partial charge is 0.383 e. The molecule has 0 saturated carbocycles. The van der Waals surface area contributed by atoms with Crippen molar-refractivity contribution in [1.82, 2.24) is 10.3 Å². The standard InChI is InChI=1S/C13H21N3O/c1-3-15-12(11-5-4-6-17-11)10-7-9(2)8-16-13(10)14/h7-8,11-12,15H,3-6H2,1-2H3,(H2,14,16). The van der Waals surface area contributed by atoms with Crippen LogP contribution < -0.4 is 11.1 Å². The molecule has 0 aromatic carbocycles. The SMILES string of the molecule is CCNC(c1cc(C)cnc1N)C1CCCO1. The molecule has 17 heavy (non-hydrogen) atoms. The highest BCUT2D eigenvalue weighted by molar-refractivity contribution is 5.43. The second kappa shape index (κ2) is 5.47. The fraction of sp³-hybridized carbons (Fsp3) is 0.615. The number of hydrogen-bond acceptors (Lipinski definition) is 4. The van der Waals surface area contributed by atoms with E-state index in [4.69, 9.17) is 10.5 Å². The van der Waals surface area contributed by atoms with Crippen molar-refractivity contribution in [1.29, 1.82) is 0 Å². The van der Waals surface area contributed by atoms with Crippen molar-refractivity contribution in [2.45, 2.75) is 38.8 Å². The first-order valence-corrected chi connectivity index (χ1v) is 6.29. The first-order valence-electron chi connectivity index (χ1n) is 6.29. The Labute approximate surface area is 103 Å². The van der Waals surface area contributed by atoms with E-state index >= 15 is 0 Å². The highest BCUT2D eigenvalue weighted by Gasteiger charge is 2.28. The fourth-order valence-corrected chi connectivity index (χ4v) is 2.38. The summed E-state index contributed by atoms with van der Waals surface area (Å²) in [4.78, 5) is 4.24. The van der Waals surface area contributed by atoms with E-state index in [1.54, 1.807) is 6.20 Å². The smallest absolute Gasteiger partial charge is 0.128 e. The van der Waals surface area contributed by atoms with Gasteiger partial charge >= 0.3 is 0 Å². The highest BCUT2D eigenvalue weighted by atomic mass is 16.5. The summed E-state index contributed by atoms with van der Waals surface area (Å²) >= 11 is 0. The van der Waals surface area contributed by atoms with Crippen LogP contribution in [0.4, 0.5) is 5.82 Å². The van der Waals surface area contributed by atoms with Gasteiger partial charge in [-0.25, -0.2) is 4.98 Å². The van der Waals surface area contributed by atoms with Gasteiger partial charge in [0.15, 0.2) is 0 Å². The van der Waals surface area contributed by atoms with E-state index in [0.717, 1.165) is 37.1 Å². The van der Waals surface area contributed by atoms with Crippen LogP contribution in [0.15, 0.2) is 12.3 Å². The quantitative estimate of drug-likeness (QED) is 0.835.